The molecule has 2 aliphatic rings. The zero-order chi connectivity index (χ0) is 19.2. The maximum Gasteiger partial charge on any atom is 0.174 e. The summed E-state index contributed by atoms with van der Waals surface area (Å²) in [6, 6.07) is 10.6. The van der Waals surface area contributed by atoms with Crippen LogP contribution in [-0.2, 0) is 0 Å². The number of nitrogens with zero attached hydrogens (tertiary/aromatic N) is 1. The van der Waals surface area contributed by atoms with E-state index in [4.69, 9.17) is 14.0 Å². The number of para-hydroxylation sites is 1. The number of nitrogens with one attached hydrogen (secondary N) is 2. The van der Waals surface area contributed by atoms with Crippen molar-refractivity contribution in [2.75, 3.05) is 13.2 Å². The highest BCUT2D eigenvalue weighted by molar-refractivity contribution is 6.06. The number of aromatic amines is 1. The van der Waals surface area contributed by atoms with Crippen LogP contribution >= 0.6 is 0 Å². The van der Waals surface area contributed by atoms with Gasteiger partial charge in [-0.2, -0.15) is 0 Å². The van der Waals surface area contributed by atoms with Crippen LogP contribution in [-0.4, -0.2) is 35.4 Å². The van der Waals surface area contributed by atoms with Gasteiger partial charge >= 0.3 is 0 Å². The molecule has 4 heterocycles. The van der Waals surface area contributed by atoms with E-state index in [1.807, 2.05) is 24.4 Å². The summed E-state index contributed by atoms with van der Waals surface area (Å²) in [6.07, 6.45) is 10.0. The average Bonchev–Trinajstić information content (AvgIpc) is 3.42. The van der Waals surface area contributed by atoms with Gasteiger partial charge < -0.3 is 24.3 Å². The number of ether oxygens (including phenoxy) is 2. The van der Waals surface area contributed by atoms with Gasteiger partial charge in [0.1, 0.15) is 24.5 Å². The second kappa shape index (κ2) is 6.67. The summed E-state index contributed by atoms with van der Waals surface area (Å²) in [5.74, 6) is 1.46. The Morgan fingerprint density at radius 3 is 3.03 bits per heavy atom. The number of fused-ring (bicyclic) bond motifs is 4. The van der Waals surface area contributed by atoms with Crippen LogP contribution in [0.15, 0.2) is 59.5 Å². The van der Waals surface area contributed by atoms with Crippen molar-refractivity contribution in [3.05, 3.63) is 54.9 Å². The highest BCUT2D eigenvalue weighted by Gasteiger charge is 2.28. The molecule has 6 rings (SSSR count). The van der Waals surface area contributed by atoms with Crippen molar-refractivity contribution in [3.8, 4) is 22.6 Å². The van der Waals surface area contributed by atoms with Gasteiger partial charge in [-0.1, -0.05) is 35.5 Å². The van der Waals surface area contributed by atoms with E-state index in [2.05, 4.69) is 39.7 Å². The van der Waals surface area contributed by atoms with Gasteiger partial charge in [-0.15, -0.1) is 0 Å². The van der Waals surface area contributed by atoms with Crippen molar-refractivity contribution in [1.29, 1.82) is 0 Å². The first-order valence-corrected chi connectivity index (χ1v) is 10.0. The Kier molecular flexibility index (Phi) is 3.84. The van der Waals surface area contributed by atoms with Crippen LogP contribution in [0.3, 0.4) is 0 Å². The number of aromatic nitrogens is 2. The molecule has 2 N–H and O–H groups in total. The van der Waals surface area contributed by atoms with Gasteiger partial charge in [-0.25, -0.2) is 0 Å². The average molecular weight is 387 g/mol. The van der Waals surface area contributed by atoms with Crippen molar-refractivity contribution >= 4 is 21.8 Å². The Labute approximate surface area is 167 Å². The van der Waals surface area contributed by atoms with E-state index in [0.29, 0.717) is 12.6 Å². The number of rotatable bonds is 3. The zero-order valence-electron chi connectivity index (χ0n) is 15.9. The second-order valence-corrected chi connectivity index (χ2v) is 7.64. The first-order valence-electron chi connectivity index (χ1n) is 10.0. The highest BCUT2D eigenvalue weighted by atomic mass is 16.6. The minimum Gasteiger partial charge on any atom is -0.486 e. The Morgan fingerprint density at radius 2 is 2.10 bits per heavy atom. The Hall–Kier alpha value is -3.25. The molecule has 0 saturated heterocycles. The second-order valence-electron chi connectivity index (χ2n) is 7.64. The summed E-state index contributed by atoms with van der Waals surface area (Å²) < 4.78 is 17.9. The molecule has 0 amide bonds. The van der Waals surface area contributed by atoms with Crippen molar-refractivity contribution < 1.29 is 14.0 Å². The molecule has 0 spiro atoms. The molecule has 0 saturated carbocycles. The highest BCUT2D eigenvalue weighted by Crippen LogP contribution is 2.45. The van der Waals surface area contributed by atoms with Crippen molar-refractivity contribution in [1.82, 2.24) is 15.5 Å². The molecule has 0 bridgehead atoms. The quantitative estimate of drug-likeness (QED) is 0.509. The van der Waals surface area contributed by atoms with Gasteiger partial charge in [0.25, 0.3) is 0 Å². The predicted molar refractivity (Wildman–Crippen MR) is 111 cm³/mol. The normalized spacial score (nSPS) is 21.1. The van der Waals surface area contributed by atoms with Gasteiger partial charge in [-0.3, -0.25) is 0 Å². The molecule has 2 aromatic carbocycles. The van der Waals surface area contributed by atoms with Gasteiger partial charge in [0.15, 0.2) is 11.5 Å². The largest absolute Gasteiger partial charge is 0.486 e. The topological polar surface area (TPSA) is 72.3 Å². The maximum absolute atomic E-state index is 6.36. The third-order valence-electron chi connectivity index (χ3n) is 5.76. The Bertz CT molecular complexity index is 1220. The SMILES string of the molecule is C1=CC(CC2COc3cc(-c4c[nH]c5ccccc45)c4nocc4c3O2)NCC1. The van der Waals surface area contributed by atoms with Crippen LogP contribution in [0.2, 0.25) is 0 Å². The predicted octanol–water partition coefficient (Wildman–Crippen LogP) is 4.42. The van der Waals surface area contributed by atoms with Crippen LogP contribution < -0.4 is 14.8 Å². The van der Waals surface area contributed by atoms with Crippen molar-refractivity contribution in [3.63, 3.8) is 0 Å². The lowest BCUT2D eigenvalue weighted by atomic mass is 10.0. The van der Waals surface area contributed by atoms with Crippen molar-refractivity contribution in [2.24, 2.45) is 0 Å². The summed E-state index contributed by atoms with van der Waals surface area (Å²) in [5.41, 5.74) is 3.92. The molecular weight excluding hydrogens is 366 g/mol. The van der Waals surface area contributed by atoms with Crippen LogP contribution in [0, 0.1) is 0 Å². The van der Waals surface area contributed by atoms with E-state index >= 15 is 0 Å². The minimum absolute atomic E-state index is 0.0141. The molecule has 6 heteroatoms. The summed E-state index contributed by atoms with van der Waals surface area (Å²) in [7, 11) is 0. The first-order chi connectivity index (χ1) is 14.4. The fraction of sp³-hybridized carbons (Fsp3) is 0.261. The number of hydrogen-bond donors (Lipinski definition) is 2. The van der Waals surface area contributed by atoms with Gasteiger partial charge in [-0.05, 0) is 25.1 Å². The lowest BCUT2D eigenvalue weighted by Gasteiger charge is -2.30. The molecule has 0 fully saturated rings. The molecule has 0 radical (unpaired) electrons. The number of hydrogen-bond acceptors (Lipinski definition) is 5. The molecule has 29 heavy (non-hydrogen) atoms. The lowest BCUT2D eigenvalue weighted by molar-refractivity contribution is 0.0819. The fourth-order valence-electron chi connectivity index (χ4n) is 4.34. The van der Waals surface area contributed by atoms with Crippen molar-refractivity contribution in [2.45, 2.75) is 25.0 Å². The standard InChI is InChI=1S/C23H21N3O3/c1-2-7-20-16(6-1)18(11-25-20)17-10-21-23(19-13-28-26-22(17)19)29-15(12-27-21)9-14-5-3-4-8-24-14/h1-3,5-7,10-11,13-15,24-25H,4,8-9,12H2. The smallest absolute Gasteiger partial charge is 0.174 e. The van der Waals surface area contributed by atoms with Crippen LogP contribution in [0.25, 0.3) is 32.9 Å². The van der Waals surface area contributed by atoms with E-state index in [9.17, 15) is 0 Å². The molecule has 2 unspecified atom stereocenters. The summed E-state index contributed by atoms with van der Waals surface area (Å²) in [4.78, 5) is 3.33. The monoisotopic (exact) mass is 387 g/mol. The van der Waals surface area contributed by atoms with E-state index in [1.165, 1.54) is 0 Å². The maximum atomic E-state index is 6.36. The summed E-state index contributed by atoms with van der Waals surface area (Å²) >= 11 is 0. The Morgan fingerprint density at radius 1 is 1.14 bits per heavy atom. The molecule has 2 atom stereocenters. The van der Waals surface area contributed by atoms with Crippen LogP contribution in [0.1, 0.15) is 12.8 Å². The molecule has 0 aliphatic carbocycles. The van der Waals surface area contributed by atoms with Crippen LogP contribution in [0.5, 0.6) is 11.5 Å². The fourth-order valence-corrected chi connectivity index (χ4v) is 4.34. The molecular formula is C23H21N3O3. The third kappa shape index (κ3) is 2.79. The third-order valence-corrected chi connectivity index (χ3v) is 5.76. The summed E-state index contributed by atoms with van der Waals surface area (Å²) in [6.45, 7) is 1.54. The first kappa shape index (κ1) is 16.7. The molecule has 4 aromatic rings. The number of benzene rings is 2. The number of H-pyrrole nitrogens is 1. The minimum atomic E-state index is -0.0141. The molecule has 6 nitrogen and oxygen atoms in total. The van der Waals surface area contributed by atoms with E-state index in [0.717, 1.165) is 63.8 Å². The molecule has 2 aliphatic heterocycles. The van der Waals surface area contributed by atoms with Gasteiger partial charge in [0.05, 0.1) is 5.39 Å². The summed E-state index contributed by atoms with van der Waals surface area (Å²) in [5, 5.41) is 9.78. The van der Waals surface area contributed by atoms with Crippen LogP contribution in [0.4, 0.5) is 0 Å². The molecule has 146 valence electrons. The lowest BCUT2D eigenvalue weighted by Crippen LogP contribution is -2.39. The van der Waals surface area contributed by atoms with Gasteiger partial charge in [0.2, 0.25) is 0 Å². The van der Waals surface area contributed by atoms with E-state index in [1.54, 1.807) is 6.26 Å². The van der Waals surface area contributed by atoms with E-state index in [-0.39, 0.29) is 6.10 Å². The van der Waals surface area contributed by atoms with E-state index < -0.39 is 0 Å². The molecule has 2 aromatic heterocycles. The Balaban J connectivity index is 1.40. The zero-order valence-corrected chi connectivity index (χ0v) is 15.9. The van der Waals surface area contributed by atoms with Gasteiger partial charge in [0, 0.05) is 40.7 Å².